The largest absolute Gasteiger partial charge is 0.384 e. The van der Waals surface area contributed by atoms with Gasteiger partial charge in [-0.15, -0.1) is 0 Å². The van der Waals surface area contributed by atoms with E-state index in [1.165, 1.54) is 12.5 Å². The average Bonchev–Trinajstić information content (AvgIpc) is 2.44. The van der Waals surface area contributed by atoms with Crippen LogP contribution in [0.1, 0.15) is 24.4 Å². The molecule has 1 aromatic rings. The Bertz CT molecular complexity index is 442. The zero-order chi connectivity index (χ0) is 14.5. The highest BCUT2D eigenvalue weighted by Gasteiger charge is 2.26. The number of ether oxygens (including phenoxy) is 1. The van der Waals surface area contributed by atoms with E-state index in [1.807, 2.05) is 12.1 Å². The molecule has 1 fully saturated rings. The summed E-state index contributed by atoms with van der Waals surface area (Å²) in [6, 6.07) is 5.31. The third-order valence-corrected chi connectivity index (χ3v) is 4.55. The van der Waals surface area contributed by atoms with E-state index in [2.05, 4.69) is 20.8 Å². The number of rotatable bonds is 5. The van der Waals surface area contributed by atoms with Gasteiger partial charge in [-0.05, 0) is 58.9 Å². The number of methoxy groups -OCH3 is 1. The molecule has 0 saturated carbocycles. The molecule has 1 heterocycles. The standard InChI is InChI=1S/C15H22BrFN2O/c1-20-10-11-3-2-6-19(9-11)15(8-18)12-4-5-14(17)13(16)7-12/h4-5,7,11,15H,2-3,6,8-10,18H2,1H3. The van der Waals surface area contributed by atoms with Crippen LogP contribution >= 0.6 is 15.9 Å². The smallest absolute Gasteiger partial charge is 0.137 e. The Balaban J connectivity index is 2.12. The van der Waals surface area contributed by atoms with Gasteiger partial charge in [0.2, 0.25) is 0 Å². The van der Waals surface area contributed by atoms with Crippen molar-refractivity contribution in [3.63, 3.8) is 0 Å². The third kappa shape index (κ3) is 3.79. The first-order chi connectivity index (χ1) is 9.65. The number of nitrogens with zero attached hydrogens (tertiary/aromatic N) is 1. The van der Waals surface area contributed by atoms with E-state index in [0.29, 0.717) is 16.9 Å². The minimum absolute atomic E-state index is 0.145. The molecule has 2 N–H and O–H groups in total. The quantitative estimate of drug-likeness (QED) is 0.892. The maximum atomic E-state index is 13.4. The van der Waals surface area contributed by atoms with Crippen LogP contribution in [0, 0.1) is 11.7 Å². The Kier molecular flexibility index (Phi) is 5.96. The normalized spacial score (nSPS) is 21.9. The van der Waals surface area contributed by atoms with E-state index in [0.717, 1.165) is 31.7 Å². The van der Waals surface area contributed by atoms with E-state index in [4.69, 9.17) is 10.5 Å². The number of hydrogen-bond acceptors (Lipinski definition) is 3. The molecule has 3 nitrogen and oxygen atoms in total. The molecular weight excluding hydrogens is 323 g/mol. The van der Waals surface area contributed by atoms with Gasteiger partial charge in [-0.3, -0.25) is 4.90 Å². The Labute approximate surface area is 128 Å². The van der Waals surface area contributed by atoms with Crippen LogP contribution in [0.25, 0.3) is 0 Å². The van der Waals surface area contributed by atoms with Crippen molar-refractivity contribution in [2.75, 3.05) is 33.4 Å². The average molecular weight is 345 g/mol. The van der Waals surface area contributed by atoms with Gasteiger partial charge in [0.25, 0.3) is 0 Å². The molecule has 5 heteroatoms. The van der Waals surface area contributed by atoms with Crippen LogP contribution < -0.4 is 5.73 Å². The number of nitrogens with two attached hydrogens (primary N) is 1. The van der Waals surface area contributed by atoms with Crippen LogP contribution in [0.5, 0.6) is 0 Å². The lowest BCUT2D eigenvalue weighted by Gasteiger charge is -2.38. The molecule has 0 aromatic heterocycles. The Morgan fingerprint density at radius 2 is 2.35 bits per heavy atom. The number of hydrogen-bond donors (Lipinski definition) is 1. The van der Waals surface area contributed by atoms with E-state index in [9.17, 15) is 4.39 Å². The Morgan fingerprint density at radius 1 is 1.55 bits per heavy atom. The summed E-state index contributed by atoms with van der Waals surface area (Å²) in [5, 5.41) is 0. The molecule has 0 aliphatic carbocycles. The third-order valence-electron chi connectivity index (χ3n) is 3.95. The van der Waals surface area contributed by atoms with Crippen molar-refractivity contribution in [3.05, 3.63) is 34.1 Å². The summed E-state index contributed by atoms with van der Waals surface area (Å²) in [5.74, 6) is 0.326. The summed E-state index contributed by atoms with van der Waals surface area (Å²) >= 11 is 3.25. The predicted octanol–water partition coefficient (Wildman–Crippen LogP) is 2.95. The van der Waals surface area contributed by atoms with Gasteiger partial charge in [0, 0.05) is 26.2 Å². The molecule has 1 aliphatic heterocycles. The highest BCUT2D eigenvalue weighted by atomic mass is 79.9. The van der Waals surface area contributed by atoms with Crippen LogP contribution in [-0.4, -0.2) is 38.3 Å². The first-order valence-electron chi connectivity index (χ1n) is 7.03. The van der Waals surface area contributed by atoms with Crippen LogP contribution in [0.4, 0.5) is 4.39 Å². The maximum absolute atomic E-state index is 13.4. The van der Waals surface area contributed by atoms with Gasteiger partial charge in [0.1, 0.15) is 5.82 Å². The van der Waals surface area contributed by atoms with Crippen molar-refractivity contribution in [2.45, 2.75) is 18.9 Å². The molecule has 2 unspecified atom stereocenters. The van der Waals surface area contributed by atoms with E-state index < -0.39 is 0 Å². The van der Waals surface area contributed by atoms with Gasteiger partial charge < -0.3 is 10.5 Å². The van der Waals surface area contributed by atoms with Crippen molar-refractivity contribution in [1.29, 1.82) is 0 Å². The summed E-state index contributed by atoms with van der Waals surface area (Å²) in [7, 11) is 1.75. The van der Waals surface area contributed by atoms with Crippen LogP contribution in [0.15, 0.2) is 22.7 Å². The number of halogens is 2. The van der Waals surface area contributed by atoms with Crippen molar-refractivity contribution < 1.29 is 9.13 Å². The molecule has 0 bridgehead atoms. The minimum atomic E-state index is -0.236. The lowest BCUT2D eigenvalue weighted by Crippen LogP contribution is -2.42. The molecule has 2 rings (SSSR count). The molecule has 2 atom stereocenters. The SMILES string of the molecule is COCC1CCCN(C(CN)c2ccc(F)c(Br)c2)C1. The summed E-state index contributed by atoms with van der Waals surface area (Å²) in [6.07, 6.45) is 2.36. The summed E-state index contributed by atoms with van der Waals surface area (Å²) in [5.41, 5.74) is 7.03. The monoisotopic (exact) mass is 344 g/mol. The Hall–Kier alpha value is -0.490. The molecule has 0 radical (unpaired) electrons. The predicted molar refractivity (Wildman–Crippen MR) is 82.1 cm³/mol. The number of benzene rings is 1. The molecule has 0 amide bonds. The second-order valence-corrected chi connectivity index (χ2v) is 6.24. The summed E-state index contributed by atoms with van der Waals surface area (Å²) in [4.78, 5) is 2.40. The lowest BCUT2D eigenvalue weighted by molar-refractivity contribution is 0.0696. The second kappa shape index (κ2) is 7.50. The summed E-state index contributed by atoms with van der Waals surface area (Å²) in [6.45, 7) is 3.36. The molecule has 112 valence electrons. The fourth-order valence-electron chi connectivity index (χ4n) is 2.97. The van der Waals surface area contributed by atoms with Crippen molar-refractivity contribution in [3.8, 4) is 0 Å². The molecular formula is C15H22BrFN2O. The topological polar surface area (TPSA) is 38.5 Å². The highest BCUT2D eigenvalue weighted by molar-refractivity contribution is 9.10. The maximum Gasteiger partial charge on any atom is 0.137 e. The Morgan fingerprint density at radius 3 is 3.00 bits per heavy atom. The molecule has 1 aliphatic rings. The number of piperidine rings is 1. The highest BCUT2D eigenvalue weighted by Crippen LogP contribution is 2.28. The van der Waals surface area contributed by atoms with Gasteiger partial charge >= 0.3 is 0 Å². The molecule has 1 saturated heterocycles. The van der Waals surface area contributed by atoms with Gasteiger partial charge in [-0.25, -0.2) is 4.39 Å². The van der Waals surface area contributed by atoms with Crippen LogP contribution in [0.3, 0.4) is 0 Å². The second-order valence-electron chi connectivity index (χ2n) is 5.38. The minimum Gasteiger partial charge on any atom is -0.384 e. The molecule has 20 heavy (non-hydrogen) atoms. The number of likely N-dealkylation sites (tertiary alicyclic amines) is 1. The van der Waals surface area contributed by atoms with E-state index in [-0.39, 0.29) is 11.9 Å². The fraction of sp³-hybridized carbons (Fsp3) is 0.600. The van der Waals surface area contributed by atoms with Crippen LogP contribution in [-0.2, 0) is 4.74 Å². The van der Waals surface area contributed by atoms with Crippen LogP contribution in [0.2, 0.25) is 0 Å². The van der Waals surface area contributed by atoms with E-state index in [1.54, 1.807) is 7.11 Å². The molecule has 0 spiro atoms. The fourth-order valence-corrected chi connectivity index (χ4v) is 3.36. The first kappa shape index (κ1) is 15.9. The van der Waals surface area contributed by atoms with Gasteiger partial charge in [-0.2, -0.15) is 0 Å². The van der Waals surface area contributed by atoms with Crippen molar-refractivity contribution >= 4 is 15.9 Å². The summed E-state index contributed by atoms with van der Waals surface area (Å²) < 4.78 is 19.1. The first-order valence-corrected chi connectivity index (χ1v) is 7.83. The zero-order valence-electron chi connectivity index (χ0n) is 11.8. The molecule has 1 aromatic carbocycles. The van der Waals surface area contributed by atoms with Crippen molar-refractivity contribution in [2.24, 2.45) is 11.7 Å². The van der Waals surface area contributed by atoms with Gasteiger partial charge in [0.05, 0.1) is 11.1 Å². The zero-order valence-corrected chi connectivity index (χ0v) is 13.4. The van der Waals surface area contributed by atoms with Gasteiger partial charge in [-0.1, -0.05) is 6.07 Å². The lowest BCUT2D eigenvalue weighted by atomic mass is 9.95. The van der Waals surface area contributed by atoms with Gasteiger partial charge in [0.15, 0.2) is 0 Å². The van der Waals surface area contributed by atoms with Crippen molar-refractivity contribution in [1.82, 2.24) is 4.90 Å². The van der Waals surface area contributed by atoms with E-state index >= 15 is 0 Å².